The highest BCUT2D eigenvalue weighted by Crippen LogP contribution is 2.34. The van der Waals surface area contributed by atoms with Gasteiger partial charge in [-0.15, -0.1) is 0 Å². The van der Waals surface area contributed by atoms with Gasteiger partial charge in [-0.2, -0.15) is 13.2 Å². The van der Waals surface area contributed by atoms with Crippen molar-refractivity contribution in [1.82, 2.24) is 4.98 Å². The summed E-state index contributed by atoms with van der Waals surface area (Å²) in [5.74, 6) is 0.208. The van der Waals surface area contributed by atoms with Crippen molar-refractivity contribution in [3.8, 4) is 0 Å². The Labute approximate surface area is 132 Å². The summed E-state index contributed by atoms with van der Waals surface area (Å²) in [5, 5.41) is 6.35. The molecule has 23 heavy (non-hydrogen) atoms. The zero-order chi connectivity index (χ0) is 16.5. The molecule has 2 aliphatic heterocycles. The molecule has 5 nitrogen and oxygen atoms in total. The molecule has 2 saturated heterocycles. The van der Waals surface area contributed by atoms with E-state index in [1.54, 1.807) is 0 Å². The second-order valence-corrected chi connectivity index (χ2v) is 6.28. The fraction of sp³-hybridized carbons (Fsp3) is 0.667. The molecule has 2 atom stereocenters. The Morgan fingerprint density at radius 2 is 2.09 bits per heavy atom. The van der Waals surface area contributed by atoms with Crippen LogP contribution in [0.15, 0.2) is 12.1 Å². The van der Waals surface area contributed by atoms with Crippen LogP contribution < -0.4 is 10.6 Å². The molecule has 0 radical (unpaired) electrons. The van der Waals surface area contributed by atoms with Crippen LogP contribution in [0, 0.1) is 0 Å². The van der Waals surface area contributed by atoms with Crippen LogP contribution in [-0.2, 0) is 15.7 Å². The lowest BCUT2D eigenvalue weighted by atomic mass is 10.0. The molecule has 2 fully saturated rings. The zero-order valence-corrected chi connectivity index (χ0v) is 12.9. The van der Waals surface area contributed by atoms with Crippen LogP contribution in [0.3, 0.4) is 0 Å². The molecular formula is C15H20F3N3O2. The van der Waals surface area contributed by atoms with E-state index in [4.69, 9.17) is 9.47 Å². The van der Waals surface area contributed by atoms with Gasteiger partial charge in [0.05, 0.1) is 30.5 Å². The number of pyridine rings is 1. The molecule has 2 unspecified atom stereocenters. The average Bonchev–Trinajstić information content (AvgIpc) is 3.11. The van der Waals surface area contributed by atoms with Crippen LogP contribution in [0.2, 0.25) is 0 Å². The first-order valence-corrected chi connectivity index (χ1v) is 7.64. The highest BCUT2D eigenvalue weighted by Gasteiger charge is 2.35. The third kappa shape index (κ3) is 3.87. The molecule has 0 aliphatic carbocycles. The Morgan fingerprint density at radius 3 is 2.70 bits per heavy atom. The fourth-order valence-electron chi connectivity index (χ4n) is 2.75. The molecule has 128 valence electrons. The number of rotatable bonds is 4. The molecule has 3 rings (SSSR count). The predicted octanol–water partition coefficient (Wildman–Crippen LogP) is 2.89. The van der Waals surface area contributed by atoms with Crippen molar-refractivity contribution in [3.05, 3.63) is 17.8 Å². The quantitative estimate of drug-likeness (QED) is 0.888. The van der Waals surface area contributed by atoms with E-state index in [9.17, 15) is 13.2 Å². The standard InChI is InChI=1S/C15H20F3N3O2/c1-14(5-7-23-9-14)21-13-11(19-10-4-6-22-8-10)2-3-12(20-13)15(16,17)18/h2-3,10,19H,4-9H2,1H3,(H,20,21). The van der Waals surface area contributed by atoms with Gasteiger partial charge < -0.3 is 20.1 Å². The minimum absolute atomic E-state index is 0.0849. The van der Waals surface area contributed by atoms with Crippen molar-refractivity contribution in [3.63, 3.8) is 0 Å². The van der Waals surface area contributed by atoms with Crippen LogP contribution in [0.25, 0.3) is 0 Å². The monoisotopic (exact) mass is 331 g/mol. The number of ether oxygens (including phenoxy) is 2. The third-order valence-corrected chi connectivity index (χ3v) is 4.11. The van der Waals surface area contributed by atoms with Crippen molar-refractivity contribution in [2.45, 2.75) is 37.5 Å². The lowest BCUT2D eigenvalue weighted by Crippen LogP contribution is -2.36. The maximum absolute atomic E-state index is 13.0. The van der Waals surface area contributed by atoms with E-state index < -0.39 is 17.4 Å². The molecule has 1 aromatic heterocycles. The van der Waals surface area contributed by atoms with E-state index in [0.29, 0.717) is 32.1 Å². The highest BCUT2D eigenvalue weighted by molar-refractivity contribution is 5.66. The molecule has 0 aromatic carbocycles. The molecular weight excluding hydrogens is 311 g/mol. The van der Waals surface area contributed by atoms with Gasteiger partial charge in [0.1, 0.15) is 5.69 Å². The normalized spacial score (nSPS) is 28.1. The zero-order valence-electron chi connectivity index (χ0n) is 12.9. The van der Waals surface area contributed by atoms with Gasteiger partial charge in [0.2, 0.25) is 0 Å². The molecule has 0 spiro atoms. The van der Waals surface area contributed by atoms with E-state index in [1.807, 2.05) is 6.92 Å². The highest BCUT2D eigenvalue weighted by atomic mass is 19.4. The second-order valence-electron chi connectivity index (χ2n) is 6.28. The molecule has 1 aromatic rings. The van der Waals surface area contributed by atoms with Gasteiger partial charge >= 0.3 is 6.18 Å². The largest absolute Gasteiger partial charge is 0.433 e. The molecule has 2 aliphatic rings. The summed E-state index contributed by atoms with van der Waals surface area (Å²) in [6.45, 7) is 4.14. The van der Waals surface area contributed by atoms with Crippen molar-refractivity contribution in [1.29, 1.82) is 0 Å². The Hall–Kier alpha value is -1.54. The summed E-state index contributed by atoms with van der Waals surface area (Å²) < 4.78 is 49.5. The van der Waals surface area contributed by atoms with E-state index in [-0.39, 0.29) is 11.9 Å². The average molecular weight is 331 g/mol. The molecule has 2 N–H and O–H groups in total. The number of nitrogens with one attached hydrogen (secondary N) is 2. The van der Waals surface area contributed by atoms with Gasteiger partial charge in [-0.05, 0) is 31.9 Å². The smallest absolute Gasteiger partial charge is 0.379 e. The lowest BCUT2D eigenvalue weighted by molar-refractivity contribution is -0.141. The number of aromatic nitrogens is 1. The van der Waals surface area contributed by atoms with Crippen molar-refractivity contribution >= 4 is 11.5 Å². The van der Waals surface area contributed by atoms with E-state index in [1.165, 1.54) is 6.07 Å². The van der Waals surface area contributed by atoms with Crippen LogP contribution in [0.1, 0.15) is 25.5 Å². The Kier molecular flexibility index (Phi) is 4.37. The number of hydrogen-bond donors (Lipinski definition) is 2. The Balaban J connectivity index is 1.87. The van der Waals surface area contributed by atoms with Crippen LogP contribution >= 0.6 is 0 Å². The topological polar surface area (TPSA) is 55.4 Å². The summed E-state index contributed by atoms with van der Waals surface area (Å²) in [6, 6.07) is 2.51. The minimum Gasteiger partial charge on any atom is -0.379 e. The van der Waals surface area contributed by atoms with E-state index >= 15 is 0 Å². The molecule has 8 heteroatoms. The van der Waals surface area contributed by atoms with Gasteiger partial charge in [-0.1, -0.05) is 0 Å². The fourth-order valence-corrected chi connectivity index (χ4v) is 2.75. The number of halogens is 3. The molecule has 0 saturated carbocycles. The first-order valence-electron chi connectivity index (χ1n) is 7.64. The molecule has 3 heterocycles. The van der Waals surface area contributed by atoms with Gasteiger partial charge in [0.15, 0.2) is 5.82 Å². The third-order valence-electron chi connectivity index (χ3n) is 4.11. The van der Waals surface area contributed by atoms with Gasteiger partial charge in [-0.25, -0.2) is 4.98 Å². The Morgan fingerprint density at radius 1 is 1.26 bits per heavy atom. The second kappa shape index (κ2) is 6.16. The van der Waals surface area contributed by atoms with Crippen LogP contribution in [-0.4, -0.2) is 43.0 Å². The number of anilines is 2. The van der Waals surface area contributed by atoms with Gasteiger partial charge in [-0.3, -0.25) is 0 Å². The van der Waals surface area contributed by atoms with E-state index in [0.717, 1.165) is 18.9 Å². The summed E-state index contributed by atoms with van der Waals surface area (Å²) in [4.78, 5) is 3.80. The summed E-state index contributed by atoms with van der Waals surface area (Å²) >= 11 is 0. The van der Waals surface area contributed by atoms with Crippen LogP contribution in [0.4, 0.5) is 24.7 Å². The first-order chi connectivity index (χ1) is 10.9. The van der Waals surface area contributed by atoms with Gasteiger partial charge in [0.25, 0.3) is 0 Å². The molecule has 0 amide bonds. The van der Waals surface area contributed by atoms with Gasteiger partial charge in [0, 0.05) is 13.2 Å². The number of nitrogens with zero attached hydrogens (tertiary/aromatic N) is 1. The maximum Gasteiger partial charge on any atom is 0.433 e. The maximum atomic E-state index is 13.0. The SMILES string of the molecule is CC1(Nc2nc(C(F)(F)F)ccc2NC2CCOC2)CCOC1. The summed E-state index contributed by atoms with van der Waals surface area (Å²) in [5.41, 5.74) is -0.767. The first kappa shape index (κ1) is 16.3. The van der Waals surface area contributed by atoms with Crippen molar-refractivity contribution < 1.29 is 22.6 Å². The molecule has 0 bridgehead atoms. The van der Waals surface area contributed by atoms with E-state index in [2.05, 4.69) is 15.6 Å². The number of hydrogen-bond acceptors (Lipinski definition) is 5. The lowest BCUT2D eigenvalue weighted by Gasteiger charge is -2.27. The predicted molar refractivity (Wildman–Crippen MR) is 79.5 cm³/mol. The van der Waals surface area contributed by atoms with Crippen LogP contribution in [0.5, 0.6) is 0 Å². The Bertz CT molecular complexity index is 553. The van der Waals surface area contributed by atoms with Crippen molar-refractivity contribution in [2.75, 3.05) is 37.1 Å². The summed E-state index contributed by atoms with van der Waals surface area (Å²) in [6.07, 6.45) is -2.93. The van der Waals surface area contributed by atoms with Crippen molar-refractivity contribution in [2.24, 2.45) is 0 Å². The minimum atomic E-state index is -4.47. The number of alkyl halides is 3. The summed E-state index contributed by atoms with van der Waals surface area (Å²) in [7, 11) is 0.